The molecule has 0 spiro atoms. The molecular formula is C46H66O15. The first-order chi connectivity index (χ1) is 29.0. The van der Waals surface area contributed by atoms with Gasteiger partial charge in [0, 0.05) is 17.9 Å². The quantitative estimate of drug-likeness (QED) is 0.132. The maximum Gasteiger partial charge on any atom is 0.338 e. The lowest BCUT2D eigenvalue weighted by molar-refractivity contribution is -0.369. The van der Waals surface area contributed by atoms with Gasteiger partial charge in [-0.3, -0.25) is 0 Å². The summed E-state index contributed by atoms with van der Waals surface area (Å²) in [5.41, 5.74) is 2.09. The molecule has 0 radical (unpaired) electrons. The summed E-state index contributed by atoms with van der Waals surface area (Å²) in [4.78, 5) is 13.0. The number of carbonyl (C=O) groups excluding carboxylic acids is 1. The summed E-state index contributed by atoms with van der Waals surface area (Å²) < 4.78 is 36.5. The molecule has 340 valence electrons. The summed E-state index contributed by atoms with van der Waals surface area (Å²) in [5, 5.41) is 86.7. The van der Waals surface area contributed by atoms with Crippen LogP contribution in [-0.4, -0.2) is 140 Å². The molecule has 21 unspecified atom stereocenters. The van der Waals surface area contributed by atoms with Crippen LogP contribution in [0.4, 0.5) is 0 Å². The molecule has 21 atom stereocenters. The Morgan fingerprint density at radius 1 is 0.869 bits per heavy atom. The van der Waals surface area contributed by atoms with E-state index in [0.717, 1.165) is 37.7 Å². The van der Waals surface area contributed by atoms with Gasteiger partial charge in [-0.15, -0.1) is 0 Å². The highest BCUT2D eigenvalue weighted by molar-refractivity contribution is 5.89. The first-order valence-corrected chi connectivity index (χ1v) is 22.2. The Morgan fingerprint density at radius 3 is 2.30 bits per heavy atom. The molecule has 8 N–H and O–H groups in total. The zero-order chi connectivity index (χ0) is 43.7. The highest BCUT2D eigenvalue weighted by atomic mass is 16.8. The van der Waals surface area contributed by atoms with E-state index in [9.17, 15) is 45.6 Å². The van der Waals surface area contributed by atoms with Crippen LogP contribution in [0, 0.1) is 46.3 Å². The number of aliphatic hydroxyl groups is 7. The van der Waals surface area contributed by atoms with Crippen LogP contribution in [-0.2, 0) is 28.4 Å². The van der Waals surface area contributed by atoms with E-state index in [2.05, 4.69) is 26.0 Å². The molecule has 1 aromatic rings. The van der Waals surface area contributed by atoms with Crippen LogP contribution in [0.1, 0.15) is 89.9 Å². The second-order valence-electron chi connectivity index (χ2n) is 19.6. The Hall–Kier alpha value is -2.51. The lowest BCUT2D eigenvalue weighted by atomic mass is 9.46. The number of rotatable bonds is 9. The average Bonchev–Trinajstić information content (AvgIpc) is 3.57. The van der Waals surface area contributed by atoms with Gasteiger partial charge in [-0.2, -0.15) is 0 Å². The van der Waals surface area contributed by atoms with E-state index in [1.54, 1.807) is 0 Å². The lowest BCUT2D eigenvalue weighted by Gasteiger charge is -2.59. The van der Waals surface area contributed by atoms with Crippen molar-refractivity contribution in [2.45, 2.75) is 159 Å². The molecule has 0 aromatic heterocycles. The maximum atomic E-state index is 13.0. The Bertz CT molecular complexity index is 1780. The van der Waals surface area contributed by atoms with Gasteiger partial charge in [0.2, 0.25) is 0 Å². The van der Waals surface area contributed by atoms with E-state index in [1.807, 2.05) is 13.8 Å². The van der Waals surface area contributed by atoms with Crippen LogP contribution >= 0.6 is 0 Å². The number of hydrogen-bond donors (Lipinski definition) is 8. The van der Waals surface area contributed by atoms with Crippen molar-refractivity contribution in [3.63, 3.8) is 0 Å². The van der Waals surface area contributed by atoms with E-state index in [4.69, 9.17) is 28.4 Å². The third kappa shape index (κ3) is 7.92. The molecule has 0 amide bonds. The second kappa shape index (κ2) is 17.5. The summed E-state index contributed by atoms with van der Waals surface area (Å²) in [6, 6.07) is 5.27. The Balaban J connectivity index is 0.975. The van der Waals surface area contributed by atoms with Crippen LogP contribution in [0.5, 0.6) is 5.75 Å². The second-order valence-corrected chi connectivity index (χ2v) is 19.6. The van der Waals surface area contributed by atoms with Crippen LogP contribution in [0.15, 0.2) is 47.6 Å². The Labute approximate surface area is 357 Å². The fourth-order valence-electron chi connectivity index (χ4n) is 13.0. The van der Waals surface area contributed by atoms with E-state index in [0.29, 0.717) is 24.7 Å². The first kappa shape index (κ1) is 45.1. The highest BCUT2D eigenvalue weighted by Gasteiger charge is 2.66. The van der Waals surface area contributed by atoms with Crippen molar-refractivity contribution in [1.82, 2.24) is 0 Å². The smallest absolute Gasteiger partial charge is 0.338 e. The summed E-state index contributed by atoms with van der Waals surface area (Å²) in [6.45, 7) is 9.65. The van der Waals surface area contributed by atoms with Crippen molar-refractivity contribution in [2.24, 2.45) is 46.3 Å². The molecule has 6 fully saturated rings. The number of ether oxygens (including phenoxy) is 6. The number of carbonyl (C=O) groups is 1. The summed E-state index contributed by atoms with van der Waals surface area (Å²) in [5.74, 6) is 0.237. The molecule has 8 rings (SSSR count). The molecule has 1 aromatic carbocycles. The Morgan fingerprint density at radius 2 is 1.61 bits per heavy atom. The maximum absolute atomic E-state index is 13.0. The third-order valence-corrected chi connectivity index (χ3v) is 16.1. The standard InChI is InChI=1S/C46H66O15/c1-21(2)16-29-22(3)34-32(58-42(29)55)18-31-28-11-8-25-17-27(12-14-45(25,5)30(28)13-15-46(31,34)20-48)57-44-40(37(52)36(51)33(19-47)59-44)61-43-38(53)39(35(50)23(4)56-43)60-41(54)24-6-9-26(49)10-7-24/h6-10,16,22-23,27-40,42-44,47-53,55H,11-15,17-20H2,1-5H3. The number of aliphatic hydroxyl groups excluding tert-OH is 7. The summed E-state index contributed by atoms with van der Waals surface area (Å²) in [7, 11) is 0. The van der Waals surface area contributed by atoms with Gasteiger partial charge >= 0.3 is 5.97 Å². The fourth-order valence-corrected chi connectivity index (χ4v) is 13.0. The van der Waals surface area contributed by atoms with Gasteiger partial charge in [0.05, 0.1) is 30.5 Å². The van der Waals surface area contributed by atoms with Gasteiger partial charge < -0.3 is 69.3 Å². The molecule has 0 bridgehead atoms. The molecule has 15 heteroatoms. The van der Waals surface area contributed by atoms with Crippen molar-refractivity contribution in [3.8, 4) is 5.75 Å². The molecule has 61 heavy (non-hydrogen) atoms. The number of allylic oxidation sites excluding steroid dienone is 2. The van der Waals surface area contributed by atoms with Gasteiger partial charge in [-0.1, -0.05) is 37.1 Å². The van der Waals surface area contributed by atoms with E-state index < -0.39 is 80.3 Å². The zero-order valence-corrected chi connectivity index (χ0v) is 35.7. The third-order valence-electron chi connectivity index (χ3n) is 16.1. The van der Waals surface area contributed by atoms with Crippen LogP contribution < -0.4 is 0 Å². The SMILES string of the molecule is CC(C)=CC1C(O)OC2CC3C4CC=C5CC(OC6OC(CO)C(O)C(O)C6OC6OC(C)C(O)C(OC(=O)c7ccc(O)cc7)C6O)CCC5(C)C4CCC3(CO)C2C1C. The minimum absolute atomic E-state index is 0.0611. The van der Waals surface area contributed by atoms with Crippen LogP contribution in [0.25, 0.3) is 0 Å². The lowest BCUT2D eigenvalue weighted by Crippen LogP contribution is -2.65. The van der Waals surface area contributed by atoms with Gasteiger partial charge in [0.25, 0.3) is 0 Å². The van der Waals surface area contributed by atoms with Crippen molar-refractivity contribution >= 4 is 5.97 Å². The van der Waals surface area contributed by atoms with Crippen molar-refractivity contribution in [1.29, 1.82) is 0 Å². The van der Waals surface area contributed by atoms with Gasteiger partial charge in [0.15, 0.2) is 25.0 Å². The first-order valence-electron chi connectivity index (χ1n) is 22.2. The van der Waals surface area contributed by atoms with Crippen molar-refractivity contribution in [2.75, 3.05) is 13.2 Å². The predicted molar refractivity (Wildman–Crippen MR) is 216 cm³/mol. The average molecular weight is 859 g/mol. The van der Waals surface area contributed by atoms with Gasteiger partial charge in [-0.05, 0) is 125 Å². The Kier molecular flexibility index (Phi) is 12.9. The van der Waals surface area contributed by atoms with E-state index in [1.165, 1.54) is 36.8 Å². The number of phenolic OH excluding ortho intramolecular Hbond substituents is 1. The molecular weight excluding hydrogens is 792 g/mol. The van der Waals surface area contributed by atoms with Crippen LogP contribution in [0.2, 0.25) is 0 Å². The number of hydrogen-bond acceptors (Lipinski definition) is 15. The molecule has 3 aliphatic heterocycles. The molecule has 15 nitrogen and oxygen atoms in total. The monoisotopic (exact) mass is 858 g/mol. The summed E-state index contributed by atoms with van der Waals surface area (Å²) in [6.07, 6.45) is -5.77. The van der Waals surface area contributed by atoms with Crippen molar-refractivity contribution in [3.05, 3.63) is 53.1 Å². The van der Waals surface area contributed by atoms with Gasteiger partial charge in [0.1, 0.15) is 42.4 Å². The zero-order valence-electron chi connectivity index (χ0n) is 35.7. The molecule has 4 aliphatic carbocycles. The predicted octanol–water partition coefficient (Wildman–Crippen LogP) is 2.69. The van der Waals surface area contributed by atoms with E-state index >= 15 is 0 Å². The molecule has 3 saturated heterocycles. The summed E-state index contributed by atoms with van der Waals surface area (Å²) >= 11 is 0. The number of benzene rings is 1. The van der Waals surface area contributed by atoms with Gasteiger partial charge in [-0.25, -0.2) is 4.79 Å². The molecule has 7 aliphatic rings. The minimum Gasteiger partial charge on any atom is -0.508 e. The van der Waals surface area contributed by atoms with Crippen molar-refractivity contribution < 1.29 is 74.1 Å². The van der Waals surface area contributed by atoms with E-state index in [-0.39, 0.29) is 64.6 Å². The molecule has 3 heterocycles. The normalized spacial score (nSPS) is 48.1. The topological polar surface area (TPSA) is 234 Å². The number of phenols is 1. The number of fused-ring (bicyclic) bond motifs is 7. The molecule has 3 saturated carbocycles. The van der Waals surface area contributed by atoms with Crippen LogP contribution in [0.3, 0.4) is 0 Å². The largest absolute Gasteiger partial charge is 0.508 e. The number of esters is 1. The number of aromatic hydroxyl groups is 1. The minimum atomic E-state index is -1.74. The fraction of sp³-hybridized carbons (Fsp3) is 0.761. The highest BCUT2D eigenvalue weighted by Crippen LogP contribution is 2.69.